The predicted molar refractivity (Wildman–Crippen MR) is 77.9 cm³/mol. The van der Waals surface area contributed by atoms with Crippen molar-refractivity contribution in [3.8, 4) is 0 Å². The van der Waals surface area contributed by atoms with E-state index in [1.54, 1.807) is 11.3 Å². The maximum Gasteiger partial charge on any atom is 0.315 e. The van der Waals surface area contributed by atoms with Crippen molar-refractivity contribution >= 4 is 23.3 Å². The number of nitrogens with one attached hydrogen (secondary N) is 2. The molecule has 1 aliphatic rings. The van der Waals surface area contributed by atoms with Crippen molar-refractivity contribution in [1.29, 1.82) is 0 Å². The average Bonchev–Trinajstić information content (AvgIpc) is 2.95. The molecule has 110 valence electrons. The van der Waals surface area contributed by atoms with E-state index in [0.717, 1.165) is 30.6 Å². The summed E-state index contributed by atoms with van der Waals surface area (Å²) in [7, 11) is 0. The van der Waals surface area contributed by atoms with Gasteiger partial charge < -0.3 is 15.7 Å². The number of hydrogen-bond donors (Lipinski definition) is 3. The lowest BCUT2D eigenvalue weighted by Gasteiger charge is -2.28. The smallest absolute Gasteiger partial charge is 0.315 e. The van der Waals surface area contributed by atoms with Gasteiger partial charge >= 0.3 is 12.0 Å². The minimum atomic E-state index is -0.860. The Kier molecular flexibility index (Phi) is 4.65. The Balaban J connectivity index is 1.87. The Morgan fingerprint density at radius 1 is 1.35 bits per heavy atom. The van der Waals surface area contributed by atoms with Crippen LogP contribution in [0, 0.1) is 6.92 Å². The molecule has 6 heteroatoms. The molecule has 0 bridgehead atoms. The monoisotopic (exact) mass is 296 g/mol. The molecule has 20 heavy (non-hydrogen) atoms. The third kappa shape index (κ3) is 3.96. The largest absolute Gasteiger partial charge is 0.481 e. The molecular weight excluding hydrogens is 276 g/mol. The Bertz CT molecular complexity index is 492. The van der Waals surface area contributed by atoms with E-state index in [1.165, 1.54) is 4.88 Å². The fraction of sp³-hybridized carbons (Fsp3) is 0.571. The van der Waals surface area contributed by atoms with Crippen LogP contribution in [-0.2, 0) is 11.3 Å². The summed E-state index contributed by atoms with van der Waals surface area (Å²) in [5, 5.41) is 14.7. The molecule has 5 nitrogen and oxygen atoms in total. The van der Waals surface area contributed by atoms with Gasteiger partial charge in [0.15, 0.2) is 0 Å². The van der Waals surface area contributed by atoms with Gasteiger partial charge in [0.2, 0.25) is 0 Å². The van der Waals surface area contributed by atoms with Gasteiger partial charge in [-0.25, -0.2) is 4.79 Å². The van der Waals surface area contributed by atoms with Gasteiger partial charge in [-0.3, -0.25) is 4.79 Å². The Morgan fingerprint density at radius 2 is 2.05 bits per heavy atom. The summed E-state index contributed by atoms with van der Waals surface area (Å²) < 4.78 is 0. The van der Waals surface area contributed by atoms with Crippen LogP contribution >= 0.6 is 11.3 Å². The van der Waals surface area contributed by atoms with Crippen LogP contribution in [0.3, 0.4) is 0 Å². The Hall–Kier alpha value is -1.56. The molecule has 3 N–H and O–H groups in total. The predicted octanol–water partition coefficient (Wildman–Crippen LogP) is 2.64. The molecule has 0 saturated heterocycles. The summed E-state index contributed by atoms with van der Waals surface area (Å²) in [6, 6.07) is 3.73. The minimum absolute atomic E-state index is 0.00146. The highest BCUT2D eigenvalue weighted by atomic mass is 32.1. The fourth-order valence-corrected chi connectivity index (χ4v) is 3.55. The van der Waals surface area contributed by atoms with E-state index in [1.807, 2.05) is 19.1 Å². The summed E-state index contributed by atoms with van der Waals surface area (Å²) in [6.45, 7) is 2.50. The summed E-state index contributed by atoms with van der Waals surface area (Å²) >= 11 is 1.65. The molecule has 0 aromatic carbocycles. The fourth-order valence-electron chi connectivity index (χ4n) is 2.72. The van der Waals surface area contributed by atoms with Crippen LogP contribution in [0.4, 0.5) is 4.79 Å². The van der Waals surface area contributed by atoms with Crippen molar-refractivity contribution < 1.29 is 14.7 Å². The molecule has 1 fully saturated rings. The number of hydrogen-bond acceptors (Lipinski definition) is 3. The van der Waals surface area contributed by atoms with Gasteiger partial charge in [-0.1, -0.05) is 12.8 Å². The van der Waals surface area contributed by atoms with E-state index in [9.17, 15) is 9.59 Å². The molecule has 0 radical (unpaired) electrons. The first-order chi connectivity index (χ1) is 9.49. The number of aryl methyl sites for hydroxylation is 1. The maximum atomic E-state index is 12.0. The zero-order valence-electron chi connectivity index (χ0n) is 11.6. The van der Waals surface area contributed by atoms with Gasteiger partial charge in [0.1, 0.15) is 0 Å². The third-order valence-electron chi connectivity index (χ3n) is 3.65. The summed E-state index contributed by atoms with van der Waals surface area (Å²) in [5.41, 5.74) is -0.568. The molecule has 1 aromatic rings. The lowest BCUT2D eigenvalue weighted by Crippen LogP contribution is -2.51. The van der Waals surface area contributed by atoms with E-state index < -0.39 is 11.5 Å². The van der Waals surface area contributed by atoms with Crippen molar-refractivity contribution in [2.24, 2.45) is 0 Å². The number of carbonyl (C=O) groups is 2. The first-order valence-corrected chi connectivity index (χ1v) is 7.64. The second-order valence-corrected chi connectivity index (χ2v) is 6.75. The Labute approximate surface area is 122 Å². The summed E-state index contributed by atoms with van der Waals surface area (Å²) in [6.07, 6.45) is 3.42. The molecule has 1 aromatic heterocycles. The first-order valence-electron chi connectivity index (χ1n) is 6.82. The van der Waals surface area contributed by atoms with E-state index in [0.29, 0.717) is 6.54 Å². The second kappa shape index (κ2) is 6.26. The van der Waals surface area contributed by atoms with Crippen LogP contribution in [-0.4, -0.2) is 22.6 Å². The quantitative estimate of drug-likeness (QED) is 0.781. The number of thiophene rings is 1. The number of rotatable bonds is 5. The van der Waals surface area contributed by atoms with E-state index in [4.69, 9.17) is 5.11 Å². The van der Waals surface area contributed by atoms with Crippen molar-refractivity contribution in [3.63, 3.8) is 0 Å². The normalized spacial score (nSPS) is 16.9. The molecule has 2 rings (SSSR count). The number of aliphatic carboxylic acids is 1. The van der Waals surface area contributed by atoms with Crippen LogP contribution in [0.25, 0.3) is 0 Å². The van der Waals surface area contributed by atoms with Crippen molar-refractivity contribution in [3.05, 3.63) is 21.9 Å². The topological polar surface area (TPSA) is 78.4 Å². The molecule has 1 heterocycles. The van der Waals surface area contributed by atoms with Gasteiger partial charge in [-0.2, -0.15) is 0 Å². The SMILES string of the molecule is Cc1ccc(CNC(=O)NC2(CC(=O)O)CCCC2)s1. The second-order valence-electron chi connectivity index (χ2n) is 5.38. The number of amides is 2. The molecule has 0 atom stereocenters. The molecule has 0 unspecified atom stereocenters. The summed E-state index contributed by atoms with van der Waals surface area (Å²) in [4.78, 5) is 25.2. The van der Waals surface area contributed by atoms with Crippen LogP contribution in [0.15, 0.2) is 12.1 Å². The van der Waals surface area contributed by atoms with Gasteiger partial charge in [0.25, 0.3) is 0 Å². The van der Waals surface area contributed by atoms with Crippen LogP contribution < -0.4 is 10.6 Å². The Morgan fingerprint density at radius 3 is 2.60 bits per heavy atom. The standard InChI is InChI=1S/C14H20N2O3S/c1-10-4-5-11(20-10)9-15-13(19)16-14(8-12(17)18)6-2-3-7-14/h4-5H,2-3,6-9H2,1H3,(H,17,18)(H2,15,16,19). The highest BCUT2D eigenvalue weighted by Crippen LogP contribution is 2.32. The van der Waals surface area contributed by atoms with E-state index >= 15 is 0 Å². The molecule has 0 aliphatic heterocycles. The lowest BCUT2D eigenvalue weighted by molar-refractivity contribution is -0.138. The molecular formula is C14H20N2O3S. The van der Waals surface area contributed by atoms with Crippen LogP contribution in [0.2, 0.25) is 0 Å². The zero-order valence-corrected chi connectivity index (χ0v) is 12.4. The molecule has 0 spiro atoms. The van der Waals surface area contributed by atoms with Crippen molar-refractivity contribution in [2.75, 3.05) is 0 Å². The maximum absolute atomic E-state index is 12.0. The van der Waals surface area contributed by atoms with Gasteiger partial charge in [0, 0.05) is 9.75 Å². The van der Waals surface area contributed by atoms with Gasteiger partial charge in [-0.05, 0) is 31.9 Å². The third-order valence-corrected chi connectivity index (χ3v) is 4.65. The highest BCUT2D eigenvalue weighted by Gasteiger charge is 2.37. The molecule has 1 saturated carbocycles. The van der Waals surface area contributed by atoms with Gasteiger partial charge in [-0.15, -0.1) is 11.3 Å². The number of carbonyl (C=O) groups excluding carboxylic acids is 1. The number of carboxylic acid groups (broad SMARTS) is 1. The van der Waals surface area contributed by atoms with E-state index in [2.05, 4.69) is 10.6 Å². The van der Waals surface area contributed by atoms with Crippen molar-refractivity contribution in [1.82, 2.24) is 10.6 Å². The lowest BCUT2D eigenvalue weighted by atomic mass is 9.93. The first kappa shape index (κ1) is 14.8. The number of carboxylic acids is 1. The highest BCUT2D eigenvalue weighted by molar-refractivity contribution is 7.11. The summed E-state index contributed by atoms with van der Waals surface area (Å²) in [5.74, 6) is -0.860. The molecule has 2 amide bonds. The zero-order chi connectivity index (χ0) is 14.6. The van der Waals surface area contributed by atoms with Gasteiger partial charge in [0.05, 0.1) is 18.5 Å². The van der Waals surface area contributed by atoms with Crippen LogP contribution in [0.1, 0.15) is 41.9 Å². The number of urea groups is 1. The van der Waals surface area contributed by atoms with Crippen molar-refractivity contribution in [2.45, 2.75) is 51.1 Å². The van der Waals surface area contributed by atoms with E-state index in [-0.39, 0.29) is 12.5 Å². The molecule has 1 aliphatic carbocycles. The average molecular weight is 296 g/mol. The minimum Gasteiger partial charge on any atom is -0.481 e. The van der Waals surface area contributed by atoms with Crippen LogP contribution in [0.5, 0.6) is 0 Å².